The van der Waals surface area contributed by atoms with Gasteiger partial charge in [0.25, 0.3) is 0 Å². The molecule has 1 aromatic carbocycles. The average Bonchev–Trinajstić information content (AvgIpc) is 2.40. The Balaban J connectivity index is 2.08. The fraction of sp³-hybridized carbons (Fsp3) is 0.214. The van der Waals surface area contributed by atoms with Gasteiger partial charge in [-0.3, -0.25) is 0 Å². The van der Waals surface area contributed by atoms with Crippen LogP contribution in [-0.4, -0.2) is 12.0 Å². The largest absolute Gasteiger partial charge is 0.487 e. The van der Waals surface area contributed by atoms with E-state index in [9.17, 15) is 0 Å². The number of halogens is 1. The minimum Gasteiger partial charge on any atom is -0.487 e. The molecule has 0 saturated heterocycles. The van der Waals surface area contributed by atoms with Crippen molar-refractivity contribution in [1.29, 1.82) is 0 Å². The van der Waals surface area contributed by atoms with Gasteiger partial charge in [-0.2, -0.15) is 0 Å². The van der Waals surface area contributed by atoms with Crippen molar-refractivity contribution in [3.05, 3.63) is 52.7 Å². The van der Waals surface area contributed by atoms with E-state index in [1.54, 1.807) is 0 Å². The number of ether oxygens (including phenoxy) is 1. The van der Waals surface area contributed by atoms with Crippen LogP contribution in [0.15, 0.2) is 36.4 Å². The minimum absolute atomic E-state index is 0.427. The maximum atomic E-state index is 5.94. The molecule has 0 spiro atoms. The van der Waals surface area contributed by atoms with Crippen LogP contribution in [0.1, 0.15) is 11.3 Å². The van der Waals surface area contributed by atoms with Crippen LogP contribution in [0.25, 0.3) is 0 Å². The lowest BCUT2D eigenvalue weighted by atomic mass is 10.2. The summed E-state index contributed by atoms with van der Waals surface area (Å²) in [4.78, 5) is 4.39. The lowest BCUT2D eigenvalue weighted by molar-refractivity contribution is 0.299. The van der Waals surface area contributed by atoms with Crippen molar-refractivity contribution in [3.63, 3.8) is 0 Å². The highest BCUT2D eigenvalue weighted by Gasteiger charge is 2.02. The maximum Gasteiger partial charge on any atom is 0.130 e. The Morgan fingerprint density at radius 2 is 2.11 bits per heavy atom. The summed E-state index contributed by atoms with van der Waals surface area (Å²) in [6.45, 7) is 2.42. The monoisotopic (exact) mass is 262 g/mol. The van der Waals surface area contributed by atoms with Gasteiger partial charge in [-0.05, 0) is 36.8 Å². The zero-order valence-electron chi connectivity index (χ0n) is 10.4. The molecule has 1 aromatic heterocycles. The van der Waals surface area contributed by atoms with Crippen molar-refractivity contribution < 1.29 is 4.74 Å². The van der Waals surface area contributed by atoms with Crippen LogP contribution in [0.3, 0.4) is 0 Å². The number of hydrogen-bond acceptors (Lipinski definition) is 3. The van der Waals surface area contributed by atoms with Crippen molar-refractivity contribution in [2.75, 3.05) is 12.4 Å². The van der Waals surface area contributed by atoms with E-state index in [1.165, 1.54) is 0 Å². The molecule has 0 radical (unpaired) electrons. The Bertz CT molecular complexity index is 543. The summed E-state index contributed by atoms with van der Waals surface area (Å²) in [5.41, 5.74) is 1.94. The molecule has 1 heterocycles. The molecule has 0 unspecified atom stereocenters. The fourth-order valence-electron chi connectivity index (χ4n) is 1.58. The summed E-state index contributed by atoms with van der Waals surface area (Å²) >= 11 is 5.94. The van der Waals surface area contributed by atoms with Crippen LogP contribution in [0.4, 0.5) is 5.82 Å². The molecule has 2 rings (SSSR count). The molecule has 18 heavy (non-hydrogen) atoms. The third-order valence-corrected chi connectivity index (χ3v) is 2.82. The SMILES string of the molecule is CNc1cccc(COc2cc(Cl)ccc2C)n1. The van der Waals surface area contributed by atoms with Crippen molar-refractivity contribution in [3.8, 4) is 5.75 Å². The normalized spacial score (nSPS) is 10.2. The second kappa shape index (κ2) is 5.74. The minimum atomic E-state index is 0.427. The fourth-order valence-corrected chi connectivity index (χ4v) is 1.74. The van der Waals surface area contributed by atoms with Crippen LogP contribution < -0.4 is 10.1 Å². The number of nitrogens with one attached hydrogen (secondary N) is 1. The van der Waals surface area contributed by atoms with Crippen molar-refractivity contribution in [2.24, 2.45) is 0 Å². The topological polar surface area (TPSA) is 34.1 Å². The Morgan fingerprint density at radius 3 is 2.89 bits per heavy atom. The predicted octanol–water partition coefficient (Wildman–Crippen LogP) is 3.66. The van der Waals surface area contributed by atoms with Gasteiger partial charge in [0.15, 0.2) is 0 Å². The van der Waals surface area contributed by atoms with Gasteiger partial charge >= 0.3 is 0 Å². The summed E-state index contributed by atoms with van der Waals surface area (Å²) < 4.78 is 5.73. The standard InChI is InChI=1S/C14H15ClN2O/c1-10-6-7-11(15)8-13(10)18-9-12-4-3-5-14(16-2)17-12/h3-8H,9H2,1-2H3,(H,16,17). The van der Waals surface area contributed by atoms with E-state index in [0.717, 1.165) is 22.8 Å². The second-order valence-corrected chi connectivity index (χ2v) is 4.40. The summed E-state index contributed by atoms with van der Waals surface area (Å²) in [6.07, 6.45) is 0. The summed E-state index contributed by atoms with van der Waals surface area (Å²) in [7, 11) is 1.84. The summed E-state index contributed by atoms with van der Waals surface area (Å²) in [5, 5.41) is 3.67. The van der Waals surface area contributed by atoms with E-state index in [-0.39, 0.29) is 0 Å². The summed E-state index contributed by atoms with van der Waals surface area (Å²) in [5.74, 6) is 1.62. The van der Waals surface area contributed by atoms with E-state index in [2.05, 4.69) is 10.3 Å². The van der Waals surface area contributed by atoms with Crippen LogP contribution in [0.2, 0.25) is 5.02 Å². The highest BCUT2D eigenvalue weighted by molar-refractivity contribution is 6.30. The van der Waals surface area contributed by atoms with Gasteiger partial charge in [-0.1, -0.05) is 23.7 Å². The molecule has 0 aliphatic carbocycles. The predicted molar refractivity (Wildman–Crippen MR) is 74.3 cm³/mol. The van der Waals surface area contributed by atoms with Crippen LogP contribution in [-0.2, 0) is 6.61 Å². The van der Waals surface area contributed by atoms with E-state index in [1.807, 2.05) is 50.4 Å². The number of hydrogen-bond donors (Lipinski definition) is 1. The van der Waals surface area contributed by atoms with Gasteiger partial charge in [-0.25, -0.2) is 4.98 Å². The van der Waals surface area contributed by atoms with Gasteiger partial charge in [0.05, 0.1) is 5.69 Å². The second-order valence-electron chi connectivity index (χ2n) is 3.96. The third kappa shape index (κ3) is 3.14. The Kier molecular flexibility index (Phi) is 4.05. The molecule has 0 bridgehead atoms. The lowest BCUT2D eigenvalue weighted by Gasteiger charge is -2.09. The molecule has 0 aliphatic heterocycles. The molecule has 0 atom stereocenters. The first-order valence-corrected chi connectivity index (χ1v) is 6.09. The van der Waals surface area contributed by atoms with Gasteiger partial charge in [0.2, 0.25) is 0 Å². The first-order valence-electron chi connectivity index (χ1n) is 5.71. The molecule has 0 amide bonds. The van der Waals surface area contributed by atoms with E-state index in [4.69, 9.17) is 16.3 Å². The zero-order valence-corrected chi connectivity index (χ0v) is 11.2. The Labute approximate surface area is 112 Å². The molecule has 0 aliphatic rings. The van der Waals surface area contributed by atoms with Crippen LogP contribution in [0, 0.1) is 6.92 Å². The van der Waals surface area contributed by atoms with Gasteiger partial charge in [-0.15, -0.1) is 0 Å². The molecule has 2 aromatic rings. The highest BCUT2D eigenvalue weighted by Crippen LogP contribution is 2.23. The zero-order chi connectivity index (χ0) is 13.0. The molecular formula is C14H15ClN2O. The quantitative estimate of drug-likeness (QED) is 0.913. The van der Waals surface area contributed by atoms with E-state index >= 15 is 0 Å². The Morgan fingerprint density at radius 1 is 1.28 bits per heavy atom. The number of benzene rings is 1. The summed E-state index contributed by atoms with van der Waals surface area (Å²) in [6, 6.07) is 11.4. The average molecular weight is 263 g/mol. The van der Waals surface area contributed by atoms with Crippen LogP contribution >= 0.6 is 11.6 Å². The molecule has 0 saturated carbocycles. The molecule has 3 nitrogen and oxygen atoms in total. The number of aryl methyl sites for hydroxylation is 1. The lowest BCUT2D eigenvalue weighted by Crippen LogP contribution is -2.01. The smallest absolute Gasteiger partial charge is 0.130 e. The number of nitrogens with zero attached hydrogens (tertiary/aromatic N) is 1. The number of pyridine rings is 1. The maximum absolute atomic E-state index is 5.94. The van der Waals surface area contributed by atoms with Crippen molar-refractivity contribution >= 4 is 17.4 Å². The molecule has 1 N–H and O–H groups in total. The van der Waals surface area contributed by atoms with Gasteiger partial charge in [0, 0.05) is 12.1 Å². The number of aromatic nitrogens is 1. The van der Waals surface area contributed by atoms with Crippen LogP contribution in [0.5, 0.6) is 5.75 Å². The van der Waals surface area contributed by atoms with Crippen molar-refractivity contribution in [1.82, 2.24) is 4.98 Å². The van der Waals surface area contributed by atoms with Gasteiger partial charge in [0.1, 0.15) is 18.2 Å². The number of rotatable bonds is 4. The molecule has 4 heteroatoms. The molecule has 0 fully saturated rings. The third-order valence-electron chi connectivity index (χ3n) is 2.59. The first kappa shape index (κ1) is 12.7. The molecular weight excluding hydrogens is 248 g/mol. The molecule has 94 valence electrons. The van der Waals surface area contributed by atoms with Crippen molar-refractivity contribution in [2.45, 2.75) is 13.5 Å². The first-order chi connectivity index (χ1) is 8.69. The highest BCUT2D eigenvalue weighted by atomic mass is 35.5. The number of anilines is 1. The van der Waals surface area contributed by atoms with E-state index in [0.29, 0.717) is 11.6 Å². The van der Waals surface area contributed by atoms with Gasteiger partial charge < -0.3 is 10.1 Å². The Hall–Kier alpha value is -1.74. The van der Waals surface area contributed by atoms with E-state index < -0.39 is 0 Å².